The minimum absolute atomic E-state index is 0.0958. The molecule has 1 rings (SSSR count). The van der Waals surface area contributed by atoms with Crippen molar-refractivity contribution in [2.75, 3.05) is 19.6 Å². The van der Waals surface area contributed by atoms with Gasteiger partial charge in [0.25, 0.3) is 0 Å². The lowest BCUT2D eigenvalue weighted by atomic mass is 10.2. The summed E-state index contributed by atoms with van der Waals surface area (Å²) in [5, 5.41) is 0. The second-order valence-corrected chi connectivity index (χ2v) is 4.42. The summed E-state index contributed by atoms with van der Waals surface area (Å²) in [4.78, 5) is 1.90. The van der Waals surface area contributed by atoms with Gasteiger partial charge in [-0.2, -0.15) is 0 Å². The fourth-order valence-corrected chi connectivity index (χ4v) is 1.88. The third-order valence-corrected chi connectivity index (χ3v) is 2.84. The molecule has 0 aromatic heterocycles. The maximum atomic E-state index is 13.5. The lowest BCUT2D eigenvalue weighted by Gasteiger charge is -2.20. The van der Waals surface area contributed by atoms with E-state index in [9.17, 15) is 8.78 Å². The monoisotopic (exact) mass is 292 g/mol. The lowest BCUT2D eigenvalue weighted by molar-refractivity contribution is 0.278. The molecule has 0 aliphatic carbocycles. The highest BCUT2D eigenvalue weighted by molar-refractivity contribution is 9.10. The number of benzene rings is 1. The minimum Gasteiger partial charge on any atom is -0.329 e. The van der Waals surface area contributed by atoms with Gasteiger partial charge in [0, 0.05) is 29.7 Å². The summed E-state index contributed by atoms with van der Waals surface area (Å²) in [5.41, 5.74) is 5.52. The van der Waals surface area contributed by atoms with Gasteiger partial charge >= 0.3 is 0 Å². The molecule has 0 radical (unpaired) electrons. The molecule has 0 bridgehead atoms. The molecule has 2 N–H and O–H groups in total. The summed E-state index contributed by atoms with van der Waals surface area (Å²) < 4.78 is 27.5. The van der Waals surface area contributed by atoms with Gasteiger partial charge in [-0.25, -0.2) is 8.78 Å². The summed E-state index contributed by atoms with van der Waals surface area (Å²) in [7, 11) is 0. The Morgan fingerprint density at radius 1 is 1.31 bits per heavy atom. The topological polar surface area (TPSA) is 29.3 Å². The van der Waals surface area contributed by atoms with E-state index in [0.717, 1.165) is 0 Å². The lowest BCUT2D eigenvalue weighted by Crippen LogP contribution is -2.29. The van der Waals surface area contributed by atoms with Gasteiger partial charge in [0.05, 0.1) is 0 Å². The number of hydrogen-bond donors (Lipinski definition) is 1. The molecule has 0 amide bonds. The van der Waals surface area contributed by atoms with Crippen LogP contribution in [0.4, 0.5) is 8.78 Å². The van der Waals surface area contributed by atoms with Crippen LogP contribution < -0.4 is 5.73 Å². The van der Waals surface area contributed by atoms with Gasteiger partial charge in [-0.3, -0.25) is 4.90 Å². The standard InChI is InChI=1S/C11H15BrF2N2/c1-2-16(4-3-15)7-9-10(13)5-8(12)6-11(9)14/h5-6H,2-4,7,15H2,1H3. The van der Waals surface area contributed by atoms with E-state index in [1.807, 2.05) is 11.8 Å². The summed E-state index contributed by atoms with van der Waals surface area (Å²) in [6.45, 7) is 4.01. The molecule has 0 unspecified atom stereocenters. The predicted octanol–water partition coefficient (Wildman–Crippen LogP) is 2.51. The van der Waals surface area contributed by atoms with Crippen LogP contribution in [0.5, 0.6) is 0 Å². The van der Waals surface area contributed by atoms with E-state index >= 15 is 0 Å². The van der Waals surface area contributed by atoms with Gasteiger partial charge in [-0.15, -0.1) is 0 Å². The molecule has 0 heterocycles. The van der Waals surface area contributed by atoms with Crippen LogP contribution in [0.15, 0.2) is 16.6 Å². The van der Waals surface area contributed by atoms with E-state index in [4.69, 9.17) is 5.73 Å². The van der Waals surface area contributed by atoms with Crippen molar-refractivity contribution in [1.29, 1.82) is 0 Å². The highest BCUT2D eigenvalue weighted by atomic mass is 79.9. The van der Waals surface area contributed by atoms with Crippen molar-refractivity contribution in [3.05, 3.63) is 33.8 Å². The normalized spacial score (nSPS) is 11.1. The third-order valence-electron chi connectivity index (χ3n) is 2.38. The Labute approximate surface area is 103 Å². The first-order valence-corrected chi connectivity index (χ1v) is 5.93. The zero-order valence-electron chi connectivity index (χ0n) is 9.14. The zero-order valence-corrected chi connectivity index (χ0v) is 10.7. The average molecular weight is 293 g/mol. The van der Waals surface area contributed by atoms with Gasteiger partial charge in [0.1, 0.15) is 11.6 Å². The van der Waals surface area contributed by atoms with Crippen molar-refractivity contribution < 1.29 is 8.78 Å². The van der Waals surface area contributed by atoms with Crippen molar-refractivity contribution in [1.82, 2.24) is 4.90 Å². The van der Waals surface area contributed by atoms with Crippen LogP contribution in [-0.2, 0) is 6.54 Å². The second kappa shape index (κ2) is 6.27. The first kappa shape index (κ1) is 13.5. The van der Waals surface area contributed by atoms with Crippen LogP contribution in [0.3, 0.4) is 0 Å². The molecule has 2 nitrogen and oxygen atoms in total. The molecular formula is C11H15BrF2N2. The van der Waals surface area contributed by atoms with E-state index in [1.165, 1.54) is 12.1 Å². The number of hydrogen-bond acceptors (Lipinski definition) is 2. The van der Waals surface area contributed by atoms with Crippen LogP contribution in [0.1, 0.15) is 12.5 Å². The van der Waals surface area contributed by atoms with Crippen LogP contribution >= 0.6 is 15.9 Å². The Balaban J connectivity index is 2.87. The molecule has 1 aromatic carbocycles. The SMILES string of the molecule is CCN(CCN)Cc1c(F)cc(Br)cc1F. The number of halogens is 3. The van der Waals surface area contributed by atoms with Gasteiger partial charge in [0.15, 0.2) is 0 Å². The molecule has 5 heteroatoms. The third kappa shape index (κ3) is 3.50. The summed E-state index contributed by atoms with van der Waals surface area (Å²) in [6.07, 6.45) is 0. The number of rotatable bonds is 5. The van der Waals surface area contributed by atoms with Crippen LogP contribution in [0, 0.1) is 11.6 Å². The molecular weight excluding hydrogens is 278 g/mol. The fourth-order valence-electron chi connectivity index (χ4n) is 1.48. The van der Waals surface area contributed by atoms with Crippen molar-refractivity contribution >= 4 is 15.9 Å². The highest BCUT2D eigenvalue weighted by Gasteiger charge is 2.13. The molecule has 0 atom stereocenters. The summed E-state index contributed by atoms with van der Waals surface area (Å²) >= 11 is 3.05. The van der Waals surface area contributed by atoms with Crippen LogP contribution in [-0.4, -0.2) is 24.5 Å². The Bertz CT molecular complexity index is 335. The molecule has 0 saturated heterocycles. The van der Waals surface area contributed by atoms with Gasteiger partial charge in [-0.1, -0.05) is 22.9 Å². The maximum Gasteiger partial charge on any atom is 0.131 e. The molecule has 0 aliphatic heterocycles. The van der Waals surface area contributed by atoms with E-state index in [2.05, 4.69) is 15.9 Å². The summed E-state index contributed by atoms with van der Waals surface area (Å²) in [5.74, 6) is -1.05. The Kier molecular flexibility index (Phi) is 5.31. The number of nitrogens with zero attached hydrogens (tertiary/aromatic N) is 1. The van der Waals surface area contributed by atoms with Crippen LogP contribution in [0.25, 0.3) is 0 Å². The zero-order chi connectivity index (χ0) is 12.1. The van der Waals surface area contributed by atoms with E-state index < -0.39 is 11.6 Å². The summed E-state index contributed by atoms with van der Waals surface area (Å²) in [6, 6.07) is 2.55. The van der Waals surface area contributed by atoms with Crippen LogP contribution in [0.2, 0.25) is 0 Å². The molecule has 0 spiro atoms. The first-order valence-electron chi connectivity index (χ1n) is 5.14. The van der Waals surface area contributed by atoms with E-state index in [-0.39, 0.29) is 12.1 Å². The van der Waals surface area contributed by atoms with Crippen molar-refractivity contribution in [3.63, 3.8) is 0 Å². The van der Waals surface area contributed by atoms with Crippen molar-refractivity contribution in [2.24, 2.45) is 5.73 Å². The first-order chi connectivity index (χ1) is 7.58. The molecule has 90 valence electrons. The number of nitrogens with two attached hydrogens (primary N) is 1. The Morgan fingerprint density at radius 2 is 1.88 bits per heavy atom. The maximum absolute atomic E-state index is 13.5. The van der Waals surface area contributed by atoms with E-state index in [1.54, 1.807) is 0 Å². The molecule has 0 aliphatic rings. The molecule has 16 heavy (non-hydrogen) atoms. The van der Waals surface area contributed by atoms with Crippen molar-refractivity contribution in [3.8, 4) is 0 Å². The van der Waals surface area contributed by atoms with E-state index in [0.29, 0.717) is 24.1 Å². The highest BCUT2D eigenvalue weighted by Crippen LogP contribution is 2.20. The predicted molar refractivity (Wildman–Crippen MR) is 64.1 cm³/mol. The molecule has 0 fully saturated rings. The molecule has 0 saturated carbocycles. The Morgan fingerprint density at radius 3 is 2.31 bits per heavy atom. The van der Waals surface area contributed by atoms with Gasteiger partial charge in [0.2, 0.25) is 0 Å². The Hall–Kier alpha value is -0.520. The van der Waals surface area contributed by atoms with Gasteiger partial charge in [-0.05, 0) is 18.7 Å². The fraction of sp³-hybridized carbons (Fsp3) is 0.455. The molecule has 1 aromatic rings. The van der Waals surface area contributed by atoms with Crippen molar-refractivity contribution in [2.45, 2.75) is 13.5 Å². The smallest absolute Gasteiger partial charge is 0.131 e. The quantitative estimate of drug-likeness (QED) is 0.904. The minimum atomic E-state index is -0.526. The second-order valence-electron chi connectivity index (χ2n) is 3.51. The largest absolute Gasteiger partial charge is 0.329 e. The van der Waals surface area contributed by atoms with Gasteiger partial charge < -0.3 is 5.73 Å². The number of likely N-dealkylation sites (N-methyl/N-ethyl adjacent to an activating group) is 1. The average Bonchev–Trinajstić information content (AvgIpc) is 2.21.